The van der Waals surface area contributed by atoms with Crippen LogP contribution in [0.3, 0.4) is 0 Å². The van der Waals surface area contributed by atoms with Gasteiger partial charge in [0.1, 0.15) is 0 Å². The lowest BCUT2D eigenvalue weighted by molar-refractivity contribution is 0.0727. The molecule has 116 valence electrons. The van der Waals surface area contributed by atoms with Crippen LogP contribution in [0.1, 0.15) is 41.5 Å². The van der Waals surface area contributed by atoms with Gasteiger partial charge >= 0.3 is 0 Å². The molecule has 1 atom stereocenters. The molecule has 0 unspecified atom stereocenters. The summed E-state index contributed by atoms with van der Waals surface area (Å²) >= 11 is 0. The number of nitrogens with zero attached hydrogens (tertiary/aromatic N) is 3. The number of carbonyl (C=O) groups is 1. The normalized spacial score (nSPS) is 15.6. The minimum Gasteiger partial charge on any atom is -0.339 e. The number of benzene rings is 1. The smallest absolute Gasteiger partial charge is 0.253 e. The van der Waals surface area contributed by atoms with Crippen LogP contribution < -0.4 is 0 Å². The number of amides is 1. The van der Waals surface area contributed by atoms with Crippen LogP contribution in [-0.2, 0) is 0 Å². The van der Waals surface area contributed by atoms with Crippen LogP contribution >= 0.6 is 0 Å². The van der Waals surface area contributed by atoms with Gasteiger partial charge in [-0.2, -0.15) is 5.10 Å². The Bertz CT molecular complexity index is 683. The summed E-state index contributed by atoms with van der Waals surface area (Å²) in [6.07, 6.45) is 2.49. The quantitative estimate of drug-likeness (QED) is 0.868. The largest absolute Gasteiger partial charge is 0.339 e. The van der Waals surface area contributed by atoms with Gasteiger partial charge < -0.3 is 4.90 Å². The molecule has 0 bridgehead atoms. The molecule has 0 aliphatic heterocycles. The van der Waals surface area contributed by atoms with Gasteiger partial charge in [-0.1, -0.05) is 0 Å². The maximum Gasteiger partial charge on any atom is 0.253 e. The van der Waals surface area contributed by atoms with E-state index in [0.717, 1.165) is 22.6 Å². The monoisotopic (exact) mass is 297 g/mol. The topological polar surface area (TPSA) is 38.1 Å². The maximum absolute atomic E-state index is 12.5. The van der Waals surface area contributed by atoms with Crippen molar-refractivity contribution < 1.29 is 4.79 Å². The molecule has 1 heterocycles. The van der Waals surface area contributed by atoms with Crippen LogP contribution in [0.5, 0.6) is 0 Å². The molecule has 1 fully saturated rings. The van der Waals surface area contributed by atoms with Crippen molar-refractivity contribution in [1.82, 2.24) is 14.7 Å². The third-order valence-corrected chi connectivity index (χ3v) is 4.60. The second-order valence-corrected chi connectivity index (χ2v) is 6.38. The highest BCUT2D eigenvalue weighted by Crippen LogP contribution is 2.35. The van der Waals surface area contributed by atoms with Gasteiger partial charge in [0.2, 0.25) is 0 Å². The molecule has 1 amide bonds. The van der Waals surface area contributed by atoms with E-state index >= 15 is 0 Å². The van der Waals surface area contributed by atoms with E-state index in [9.17, 15) is 4.79 Å². The summed E-state index contributed by atoms with van der Waals surface area (Å²) in [6, 6.07) is 10.1. The Balaban J connectivity index is 1.79. The first kappa shape index (κ1) is 14.8. The van der Waals surface area contributed by atoms with Crippen LogP contribution in [0.25, 0.3) is 5.69 Å². The zero-order valence-electron chi connectivity index (χ0n) is 13.7. The molecule has 1 aromatic heterocycles. The Morgan fingerprint density at radius 2 is 1.91 bits per heavy atom. The van der Waals surface area contributed by atoms with Gasteiger partial charge in [-0.3, -0.25) is 4.79 Å². The zero-order valence-corrected chi connectivity index (χ0v) is 13.7. The summed E-state index contributed by atoms with van der Waals surface area (Å²) in [5.41, 5.74) is 3.81. The molecule has 4 heteroatoms. The first-order valence-electron chi connectivity index (χ1n) is 7.88. The number of hydrogen-bond acceptors (Lipinski definition) is 2. The summed E-state index contributed by atoms with van der Waals surface area (Å²) in [7, 11) is 1.90. The lowest BCUT2D eigenvalue weighted by atomic mass is 10.1. The van der Waals surface area contributed by atoms with E-state index in [-0.39, 0.29) is 5.91 Å². The minimum absolute atomic E-state index is 0.0966. The number of rotatable bonds is 4. The molecule has 1 aromatic carbocycles. The first-order valence-corrected chi connectivity index (χ1v) is 7.88. The maximum atomic E-state index is 12.5. The van der Waals surface area contributed by atoms with E-state index in [1.54, 1.807) is 0 Å². The molecule has 22 heavy (non-hydrogen) atoms. The molecule has 0 spiro atoms. The Hall–Kier alpha value is -2.10. The predicted octanol–water partition coefficient (Wildman–Crippen LogP) is 3.36. The molecular weight excluding hydrogens is 274 g/mol. The fraction of sp³-hybridized carbons (Fsp3) is 0.444. The Labute approximate surface area is 131 Å². The predicted molar refractivity (Wildman–Crippen MR) is 87.3 cm³/mol. The second kappa shape index (κ2) is 5.59. The summed E-state index contributed by atoms with van der Waals surface area (Å²) < 4.78 is 1.90. The molecule has 0 saturated heterocycles. The van der Waals surface area contributed by atoms with E-state index in [1.165, 1.54) is 12.8 Å². The average Bonchev–Trinajstić information content (AvgIpc) is 3.30. The van der Waals surface area contributed by atoms with Gasteiger partial charge in [0, 0.05) is 24.3 Å². The third kappa shape index (κ3) is 2.78. The highest BCUT2D eigenvalue weighted by molar-refractivity contribution is 5.94. The van der Waals surface area contributed by atoms with E-state index in [2.05, 4.69) is 12.0 Å². The van der Waals surface area contributed by atoms with Crippen LogP contribution in [0.2, 0.25) is 0 Å². The van der Waals surface area contributed by atoms with E-state index in [0.29, 0.717) is 12.0 Å². The van der Waals surface area contributed by atoms with E-state index < -0.39 is 0 Å². The van der Waals surface area contributed by atoms with Gasteiger partial charge in [0.25, 0.3) is 5.91 Å². The molecule has 1 aliphatic carbocycles. The van der Waals surface area contributed by atoms with E-state index in [1.807, 2.05) is 60.8 Å². The van der Waals surface area contributed by atoms with Crippen molar-refractivity contribution in [2.45, 2.75) is 39.7 Å². The molecule has 0 N–H and O–H groups in total. The SMILES string of the molecule is Cc1cc(C)n(-c2ccc(C(=O)N(C)[C@H](C)C3CC3)cc2)n1. The number of carbonyl (C=O) groups excluding carboxylic acids is 1. The van der Waals surface area contributed by atoms with Gasteiger partial charge in [-0.25, -0.2) is 4.68 Å². The zero-order chi connectivity index (χ0) is 15.9. The minimum atomic E-state index is 0.0966. The Kier molecular flexibility index (Phi) is 3.77. The van der Waals surface area contributed by atoms with Crippen molar-refractivity contribution in [1.29, 1.82) is 0 Å². The number of aromatic nitrogens is 2. The highest BCUT2D eigenvalue weighted by atomic mass is 16.2. The van der Waals surface area contributed by atoms with Gasteiger partial charge in [0.05, 0.1) is 11.4 Å². The molecule has 4 nitrogen and oxygen atoms in total. The van der Waals surface area contributed by atoms with Crippen LogP contribution in [0, 0.1) is 19.8 Å². The lowest BCUT2D eigenvalue weighted by Gasteiger charge is -2.25. The summed E-state index contributed by atoms with van der Waals surface area (Å²) in [6.45, 7) is 6.15. The summed E-state index contributed by atoms with van der Waals surface area (Å²) in [4.78, 5) is 14.4. The molecule has 1 saturated carbocycles. The molecule has 0 radical (unpaired) electrons. The van der Waals surface area contributed by atoms with Crippen molar-refractivity contribution in [3.63, 3.8) is 0 Å². The Morgan fingerprint density at radius 3 is 2.41 bits per heavy atom. The molecule has 3 rings (SSSR count). The van der Waals surface area contributed by atoms with Crippen molar-refractivity contribution in [3.05, 3.63) is 47.3 Å². The van der Waals surface area contributed by atoms with Crippen LogP contribution in [0.4, 0.5) is 0 Å². The fourth-order valence-corrected chi connectivity index (χ4v) is 2.92. The number of hydrogen-bond donors (Lipinski definition) is 0. The number of aryl methyl sites for hydroxylation is 2. The first-order chi connectivity index (χ1) is 10.5. The fourth-order valence-electron chi connectivity index (χ4n) is 2.92. The van der Waals surface area contributed by atoms with Crippen LogP contribution in [0.15, 0.2) is 30.3 Å². The summed E-state index contributed by atoms with van der Waals surface area (Å²) in [5, 5.41) is 4.47. The third-order valence-electron chi connectivity index (χ3n) is 4.60. The van der Waals surface area contributed by atoms with Gasteiger partial charge in [0.15, 0.2) is 0 Å². The van der Waals surface area contributed by atoms with E-state index in [4.69, 9.17) is 0 Å². The van der Waals surface area contributed by atoms with Gasteiger partial charge in [-0.05, 0) is 69.9 Å². The highest BCUT2D eigenvalue weighted by Gasteiger charge is 2.32. The lowest BCUT2D eigenvalue weighted by Crippen LogP contribution is -2.36. The standard InChI is InChI=1S/C18H23N3O/c1-12-11-13(2)21(19-12)17-9-7-16(8-10-17)18(22)20(4)14(3)15-5-6-15/h7-11,14-15H,5-6H2,1-4H3/t14-/m1/s1. The van der Waals surface area contributed by atoms with Crippen molar-refractivity contribution in [2.24, 2.45) is 5.92 Å². The molecule has 1 aliphatic rings. The second-order valence-electron chi connectivity index (χ2n) is 6.38. The van der Waals surface area contributed by atoms with Crippen molar-refractivity contribution in [3.8, 4) is 5.69 Å². The Morgan fingerprint density at radius 1 is 1.27 bits per heavy atom. The van der Waals surface area contributed by atoms with Gasteiger partial charge in [-0.15, -0.1) is 0 Å². The molecular formula is C18H23N3O. The average molecular weight is 297 g/mol. The van der Waals surface area contributed by atoms with Crippen molar-refractivity contribution >= 4 is 5.91 Å². The van der Waals surface area contributed by atoms with Crippen molar-refractivity contribution in [2.75, 3.05) is 7.05 Å². The van der Waals surface area contributed by atoms with Crippen LogP contribution in [-0.4, -0.2) is 33.7 Å². The summed E-state index contributed by atoms with van der Waals surface area (Å²) in [5.74, 6) is 0.780. The molecule has 2 aromatic rings.